The van der Waals surface area contributed by atoms with Crippen LogP contribution in [0.5, 0.6) is 11.8 Å². The molecule has 3 heterocycles. The molecule has 2 aromatic heterocycles. The lowest BCUT2D eigenvalue weighted by molar-refractivity contribution is -0.119. The van der Waals surface area contributed by atoms with Crippen LogP contribution in [-0.4, -0.2) is 58.4 Å². The first-order valence-corrected chi connectivity index (χ1v) is 17.1. The standard InChI is InChI=1S/C36H37Cl2FN6O4/c1-48-35-28(8-3-5-22-10-12-32(47)43-22)41-19-30(45-35)27-15-21(39)14-26(34(27)38)24-6-4-7-25(33(24)37)29-18-42-31(36(44-29)49-2)17-40-16-20-9-11-23(46)13-20/h4,6-7,14-15,18-20,22,40H,3,5,8-13,16-17H2,1-2H3,(H,43,47)/t20-,22-/m1/s1. The summed E-state index contributed by atoms with van der Waals surface area (Å²) in [5, 5.41) is 6.90. The topological polar surface area (TPSA) is 128 Å². The lowest BCUT2D eigenvalue weighted by Crippen LogP contribution is -2.25. The molecule has 6 rings (SSSR count). The number of aromatic nitrogens is 4. The van der Waals surface area contributed by atoms with Crippen molar-refractivity contribution < 1.29 is 23.5 Å². The van der Waals surface area contributed by atoms with Gasteiger partial charge in [-0.25, -0.2) is 14.4 Å². The Morgan fingerprint density at radius 1 is 0.898 bits per heavy atom. The summed E-state index contributed by atoms with van der Waals surface area (Å²) >= 11 is 13.9. The number of hydrogen-bond donors (Lipinski definition) is 2. The molecular formula is C36H37Cl2FN6O4. The first kappa shape index (κ1) is 34.7. The molecule has 2 aromatic carbocycles. The molecule has 4 aromatic rings. The Labute approximate surface area is 294 Å². The molecule has 13 heteroatoms. The molecule has 1 amide bonds. The number of aryl methyl sites for hydroxylation is 1. The van der Waals surface area contributed by atoms with E-state index in [9.17, 15) is 9.59 Å². The predicted octanol–water partition coefficient (Wildman–Crippen LogP) is 6.79. The molecule has 0 radical (unpaired) electrons. The molecule has 2 atom stereocenters. The maximum atomic E-state index is 15.2. The molecule has 1 aliphatic carbocycles. The smallest absolute Gasteiger partial charge is 0.237 e. The average Bonchev–Trinajstić information content (AvgIpc) is 3.72. The molecule has 0 spiro atoms. The number of amides is 1. The molecule has 2 fully saturated rings. The van der Waals surface area contributed by atoms with Crippen LogP contribution in [-0.2, 0) is 22.6 Å². The van der Waals surface area contributed by atoms with Crippen LogP contribution in [0.25, 0.3) is 33.6 Å². The molecule has 10 nitrogen and oxygen atoms in total. The fourth-order valence-electron chi connectivity index (χ4n) is 6.45. The summed E-state index contributed by atoms with van der Waals surface area (Å²) in [6.45, 7) is 1.15. The van der Waals surface area contributed by atoms with E-state index < -0.39 is 5.82 Å². The van der Waals surface area contributed by atoms with Crippen LogP contribution in [0.4, 0.5) is 4.39 Å². The molecule has 256 valence electrons. The summed E-state index contributed by atoms with van der Waals surface area (Å²) in [5.74, 6) is 0.884. The van der Waals surface area contributed by atoms with Crippen LogP contribution in [0.15, 0.2) is 42.7 Å². The third-order valence-electron chi connectivity index (χ3n) is 9.01. The van der Waals surface area contributed by atoms with Gasteiger partial charge in [-0.2, -0.15) is 0 Å². The van der Waals surface area contributed by atoms with E-state index in [4.69, 9.17) is 32.7 Å². The number of benzene rings is 2. The molecule has 2 N–H and O–H groups in total. The predicted molar refractivity (Wildman–Crippen MR) is 185 cm³/mol. The maximum Gasteiger partial charge on any atom is 0.237 e. The summed E-state index contributed by atoms with van der Waals surface area (Å²) in [6.07, 6.45) is 8.98. The minimum atomic E-state index is -0.528. The maximum absolute atomic E-state index is 15.2. The highest BCUT2D eigenvalue weighted by molar-refractivity contribution is 6.39. The minimum absolute atomic E-state index is 0.0911. The molecule has 2 aliphatic rings. The van der Waals surface area contributed by atoms with E-state index in [-0.39, 0.29) is 17.0 Å². The summed E-state index contributed by atoms with van der Waals surface area (Å²) in [6, 6.07) is 8.17. The summed E-state index contributed by atoms with van der Waals surface area (Å²) in [5.41, 5.74) is 3.90. The van der Waals surface area contributed by atoms with E-state index in [0.717, 1.165) is 25.7 Å². The van der Waals surface area contributed by atoms with Gasteiger partial charge in [0.1, 0.15) is 23.0 Å². The highest BCUT2D eigenvalue weighted by atomic mass is 35.5. The lowest BCUT2D eigenvalue weighted by atomic mass is 9.98. The highest BCUT2D eigenvalue weighted by Gasteiger charge is 2.24. The largest absolute Gasteiger partial charge is 0.480 e. The number of carbonyl (C=O) groups is 2. The van der Waals surface area contributed by atoms with Crippen molar-refractivity contribution >= 4 is 34.9 Å². The zero-order valence-electron chi connectivity index (χ0n) is 27.3. The van der Waals surface area contributed by atoms with Gasteiger partial charge in [-0.15, -0.1) is 0 Å². The first-order chi connectivity index (χ1) is 23.7. The van der Waals surface area contributed by atoms with Crippen molar-refractivity contribution in [3.05, 3.63) is 70.0 Å². The molecule has 0 bridgehead atoms. The van der Waals surface area contributed by atoms with Crippen LogP contribution in [0.3, 0.4) is 0 Å². The number of rotatable bonds is 13. The number of methoxy groups -OCH3 is 2. The van der Waals surface area contributed by atoms with Gasteiger partial charge in [0.15, 0.2) is 0 Å². The lowest BCUT2D eigenvalue weighted by Gasteiger charge is -2.16. The van der Waals surface area contributed by atoms with Crippen molar-refractivity contribution in [2.24, 2.45) is 5.92 Å². The van der Waals surface area contributed by atoms with Crippen LogP contribution >= 0.6 is 23.2 Å². The normalized spacial score (nSPS) is 17.4. The van der Waals surface area contributed by atoms with Crippen LogP contribution < -0.4 is 20.1 Å². The van der Waals surface area contributed by atoms with Crippen molar-refractivity contribution in [2.45, 2.75) is 64.0 Å². The average molecular weight is 708 g/mol. The Balaban J connectivity index is 1.23. The summed E-state index contributed by atoms with van der Waals surface area (Å²) in [7, 11) is 3.04. The van der Waals surface area contributed by atoms with E-state index in [0.29, 0.717) is 112 Å². The number of nitrogens with one attached hydrogen (secondary N) is 2. The molecule has 0 unspecified atom stereocenters. The van der Waals surface area contributed by atoms with Crippen LogP contribution in [0.1, 0.15) is 56.3 Å². The number of halogens is 3. The van der Waals surface area contributed by atoms with Gasteiger partial charge >= 0.3 is 0 Å². The fourth-order valence-corrected chi connectivity index (χ4v) is 7.08. The SMILES string of the molecule is COc1nc(-c2cc(F)cc(-c3cccc(-c4cnc(CNC[C@@H]5CCC(=O)C5)c(OC)n4)c3Cl)c2Cl)cnc1CCC[C@@H]1CCC(=O)N1. The Morgan fingerprint density at radius 2 is 1.57 bits per heavy atom. The van der Waals surface area contributed by atoms with Crippen molar-refractivity contribution in [3.63, 3.8) is 0 Å². The van der Waals surface area contributed by atoms with Gasteiger partial charge in [0, 0.05) is 54.1 Å². The minimum Gasteiger partial charge on any atom is -0.480 e. The monoisotopic (exact) mass is 706 g/mol. The zero-order chi connectivity index (χ0) is 34.5. The van der Waals surface area contributed by atoms with Crippen LogP contribution in [0.2, 0.25) is 10.0 Å². The van der Waals surface area contributed by atoms with Gasteiger partial charge in [0.25, 0.3) is 0 Å². The van der Waals surface area contributed by atoms with Crippen molar-refractivity contribution in [2.75, 3.05) is 20.8 Å². The first-order valence-electron chi connectivity index (χ1n) is 16.3. The zero-order valence-corrected chi connectivity index (χ0v) is 28.8. The van der Waals surface area contributed by atoms with Gasteiger partial charge < -0.3 is 20.1 Å². The number of ketones is 1. The van der Waals surface area contributed by atoms with E-state index in [1.54, 1.807) is 30.6 Å². The Kier molecular flexibility index (Phi) is 11.0. The Hall–Kier alpha value is -4.19. The second-order valence-corrected chi connectivity index (χ2v) is 13.1. The quantitative estimate of drug-likeness (QED) is 0.154. The number of Topliss-reactive ketones (excluding diaryl/α,β-unsaturated/α-hetero) is 1. The van der Waals surface area contributed by atoms with Gasteiger partial charge in [-0.05, 0) is 56.7 Å². The van der Waals surface area contributed by atoms with Gasteiger partial charge in [-0.1, -0.05) is 41.4 Å². The third kappa shape index (κ3) is 8.01. The Morgan fingerprint density at radius 3 is 2.27 bits per heavy atom. The van der Waals surface area contributed by atoms with E-state index in [1.165, 1.54) is 26.4 Å². The number of nitrogens with zero attached hydrogens (tertiary/aromatic N) is 4. The highest BCUT2D eigenvalue weighted by Crippen LogP contribution is 2.43. The number of carbonyl (C=O) groups excluding carboxylic acids is 2. The number of ether oxygens (including phenoxy) is 2. The number of hydrogen-bond acceptors (Lipinski definition) is 9. The van der Waals surface area contributed by atoms with E-state index in [1.807, 2.05) is 0 Å². The second kappa shape index (κ2) is 15.6. The molecule has 49 heavy (non-hydrogen) atoms. The van der Waals surface area contributed by atoms with Crippen LogP contribution in [0, 0.1) is 11.7 Å². The van der Waals surface area contributed by atoms with Gasteiger partial charge in [-0.3, -0.25) is 19.6 Å². The van der Waals surface area contributed by atoms with Gasteiger partial charge in [0.2, 0.25) is 17.7 Å². The molecular weight excluding hydrogens is 670 g/mol. The molecule has 1 saturated carbocycles. The fraction of sp³-hybridized carbons (Fsp3) is 0.389. The van der Waals surface area contributed by atoms with E-state index in [2.05, 4.69) is 30.6 Å². The van der Waals surface area contributed by atoms with Crippen molar-refractivity contribution in [1.82, 2.24) is 30.6 Å². The summed E-state index contributed by atoms with van der Waals surface area (Å²) in [4.78, 5) is 41.6. The summed E-state index contributed by atoms with van der Waals surface area (Å²) < 4.78 is 26.3. The third-order valence-corrected chi connectivity index (χ3v) is 9.83. The molecule has 1 saturated heterocycles. The van der Waals surface area contributed by atoms with Gasteiger partial charge in [0.05, 0.1) is 48.0 Å². The second-order valence-electron chi connectivity index (χ2n) is 12.4. The molecule has 1 aliphatic heterocycles. The van der Waals surface area contributed by atoms with Crippen molar-refractivity contribution in [1.29, 1.82) is 0 Å². The van der Waals surface area contributed by atoms with Crippen molar-refractivity contribution in [3.8, 4) is 45.4 Å². The van der Waals surface area contributed by atoms with E-state index >= 15 is 4.39 Å². The Bertz CT molecular complexity index is 1880.